The van der Waals surface area contributed by atoms with Crippen LogP contribution in [0.25, 0.3) is 11.4 Å². The summed E-state index contributed by atoms with van der Waals surface area (Å²) in [6.45, 7) is 6.94. The van der Waals surface area contributed by atoms with Crippen LogP contribution in [-0.4, -0.2) is 69.8 Å². The van der Waals surface area contributed by atoms with E-state index in [4.69, 9.17) is 4.74 Å². The molecule has 3 aromatic rings. The maximum absolute atomic E-state index is 13.3. The van der Waals surface area contributed by atoms with Gasteiger partial charge in [-0.2, -0.15) is 0 Å². The Bertz CT molecular complexity index is 1290. The Balaban J connectivity index is 1.83. The number of benzene rings is 1. The van der Waals surface area contributed by atoms with Gasteiger partial charge in [-0.1, -0.05) is 30.9 Å². The Hall–Kier alpha value is -3.91. The Morgan fingerprint density at radius 1 is 1.20 bits per heavy atom. The molecule has 2 aromatic heterocycles. The number of Topliss-reactive ketones (excluding diaryl/α,β-unsaturated/α-hetero) is 1. The minimum absolute atomic E-state index is 0.0633. The largest absolute Gasteiger partial charge is 0.505 e. The zero-order chi connectivity index (χ0) is 25.1. The standard InChI is InChI=1S/C27H30N4O4/c1-5-17-35-20-12-10-19(11-13-20)24-22(26(33)27(34)31(24)16-8-14-29(3)4)25(32)23-18(2)28-21-9-6-7-15-30(21)23/h5-7,9-13,15,24,32H,1,8,14,16-17H2,2-4H3/b25-22-. The summed E-state index contributed by atoms with van der Waals surface area (Å²) in [5.74, 6) is -0.897. The molecule has 8 heteroatoms. The van der Waals surface area contributed by atoms with Crippen LogP contribution in [0.3, 0.4) is 0 Å². The zero-order valence-corrected chi connectivity index (χ0v) is 20.3. The average Bonchev–Trinajstić information content (AvgIpc) is 3.31. The smallest absolute Gasteiger partial charge is 0.295 e. The highest BCUT2D eigenvalue weighted by Gasteiger charge is 2.46. The lowest BCUT2D eigenvalue weighted by molar-refractivity contribution is -0.139. The van der Waals surface area contributed by atoms with Gasteiger partial charge in [-0.05, 0) is 63.8 Å². The van der Waals surface area contributed by atoms with Gasteiger partial charge in [-0.15, -0.1) is 0 Å². The molecule has 8 nitrogen and oxygen atoms in total. The van der Waals surface area contributed by atoms with Crippen LogP contribution in [0.15, 0.2) is 66.9 Å². The predicted molar refractivity (Wildman–Crippen MR) is 134 cm³/mol. The number of hydrogen-bond donors (Lipinski definition) is 1. The number of hydrogen-bond acceptors (Lipinski definition) is 6. The quantitative estimate of drug-likeness (QED) is 0.221. The molecule has 1 saturated heterocycles. The molecule has 0 aliphatic carbocycles. The molecular weight excluding hydrogens is 444 g/mol. The fraction of sp³-hybridized carbons (Fsp3) is 0.296. The fourth-order valence-electron chi connectivity index (χ4n) is 4.44. The first-order chi connectivity index (χ1) is 16.8. The first kappa shape index (κ1) is 24.2. The number of aryl methyl sites for hydroxylation is 1. The highest BCUT2D eigenvalue weighted by molar-refractivity contribution is 6.46. The Morgan fingerprint density at radius 2 is 1.94 bits per heavy atom. The van der Waals surface area contributed by atoms with Crippen LogP contribution in [0.4, 0.5) is 0 Å². The molecule has 1 atom stereocenters. The summed E-state index contributed by atoms with van der Waals surface area (Å²) in [5, 5.41) is 11.5. The van der Waals surface area contributed by atoms with Crippen LogP contribution in [0.2, 0.25) is 0 Å². The van der Waals surface area contributed by atoms with Gasteiger partial charge in [0.2, 0.25) is 0 Å². The summed E-state index contributed by atoms with van der Waals surface area (Å²) in [4.78, 5) is 34.6. The summed E-state index contributed by atoms with van der Waals surface area (Å²) in [6.07, 6.45) is 4.12. The Kier molecular flexibility index (Phi) is 7.02. The molecule has 1 fully saturated rings. The number of imidazole rings is 1. The number of ether oxygens (including phenoxy) is 1. The maximum atomic E-state index is 13.3. The van der Waals surface area contributed by atoms with E-state index in [1.165, 1.54) is 0 Å². The number of aromatic nitrogens is 2. The number of fused-ring (bicyclic) bond motifs is 1. The predicted octanol–water partition coefficient (Wildman–Crippen LogP) is 3.58. The molecule has 35 heavy (non-hydrogen) atoms. The molecule has 3 heterocycles. The van der Waals surface area contributed by atoms with Crippen molar-refractivity contribution in [2.45, 2.75) is 19.4 Å². The van der Waals surface area contributed by atoms with E-state index >= 15 is 0 Å². The van der Waals surface area contributed by atoms with Gasteiger partial charge >= 0.3 is 0 Å². The van der Waals surface area contributed by atoms with E-state index in [9.17, 15) is 14.7 Å². The molecule has 0 bridgehead atoms. The van der Waals surface area contributed by atoms with E-state index in [0.29, 0.717) is 47.9 Å². The van der Waals surface area contributed by atoms with Crippen LogP contribution >= 0.6 is 0 Å². The molecule has 0 saturated carbocycles. The molecule has 1 amide bonds. The molecule has 0 radical (unpaired) electrons. The lowest BCUT2D eigenvalue weighted by Crippen LogP contribution is -2.32. The van der Waals surface area contributed by atoms with Crippen molar-refractivity contribution in [3.8, 4) is 5.75 Å². The number of likely N-dealkylation sites (tertiary alicyclic amines) is 1. The number of carbonyl (C=O) groups is 2. The molecule has 1 N–H and O–H groups in total. The van der Waals surface area contributed by atoms with E-state index in [2.05, 4.69) is 11.6 Å². The van der Waals surface area contributed by atoms with E-state index in [0.717, 1.165) is 6.54 Å². The molecule has 1 unspecified atom stereocenters. The number of amides is 1. The molecule has 1 aliphatic rings. The molecule has 182 valence electrons. The van der Waals surface area contributed by atoms with Crippen molar-refractivity contribution in [1.29, 1.82) is 0 Å². The molecule has 1 aliphatic heterocycles. The second-order valence-corrected chi connectivity index (χ2v) is 8.79. The van der Waals surface area contributed by atoms with Crippen LogP contribution in [-0.2, 0) is 9.59 Å². The van der Waals surface area contributed by atoms with Gasteiger partial charge in [0, 0.05) is 12.7 Å². The van der Waals surface area contributed by atoms with Gasteiger partial charge in [0.15, 0.2) is 5.76 Å². The number of pyridine rings is 1. The normalized spacial score (nSPS) is 17.5. The van der Waals surface area contributed by atoms with Gasteiger partial charge in [0.25, 0.3) is 11.7 Å². The van der Waals surface area contributed by atoms with Gasteiger partial charge in [-0.3, -0.25) is 14.0 Å². The Labute approximate surface area is 204 Å². The number of rotatable bonds is 9. The van der Waals surface area contributed by atoms with Crippen LogP contribution in [0.1, 0.15) is 29.4 Å². The maximum Gasteiger partial charge on any atom is 0.295 e. The topological polar surface area (TPSA) is 87.4 Å². The summed E-state index contributed by atoms with van der Waals surface area (Å²) in [6, 6.07) is 12.0. The number of nitrogens with zero attached hydrogens (tertiary/aromatic N) is 4. The Morgan fingerprint density at radius 3 is 2.63 bits per heavy atom. The monoisotopic (exact) mass is 474 g/mol. The fourth-order valence-corrected chi connectivity index (χ4v) is 4.44. The van der Waals surface area contributed by atoms with Crippen molar-refractivity contribution in [2.24, 2.45) is 0 Å². The lowest BCUT2D eigenvalue weighted by Gasteiger charge is -2.26. The molecule has 4 rings (SSSR count). The van der Waals surface area contributed by atoms with Crippen LogP contribution < -0.4 is 4.74 Å². The SMILES string of the molecule is C=CCOc1ccc(C2/C(=C(/O)c3c(C)nc4ccccn34)C(=O)C(=O)N2CCCN(C)C)cc1. The molecule has 1 aromatic carbocycles. The van der Waals surface area contributed by atoms with Crippen molar-refractivity contribution in [1.82, 2.24) is 19.2 Å². The van der Waals surface area contributed by atoms with Gasteiger partial charge in [0.1, 0.15) is 23.7 Å². The average molecular weight is 475 g/mol. The number of carbonyl (C=O) groups excluding carboxylic acids is 2. The molecular formula is C27H30N4O4. The van der Waals surface area contributed by atoms with Crippen molar-refractivity contribution in [3.05, 3.63) is 83.8 Å². The minimum Gasteiger partial charge on any atom is -0.505 e. The molecule has 0 spiro atoms. The summed E-state index contributed by atoms with van der Waals surface area (Å²) >= 11 is 0. The van der Waals surface area contributed by atoms with Gasteiger partial charge in [0.05, 0.1) is 17.3 Å². The van der Waals surface area contributed by atoms with Crippen molar-refractivity contribution in [3.63, 3.8) is 0 Å². The third-order valence-electron chi connectivity index (χ3n) is 6.04. The van der Waals surface area contributed by atoms with Crippen LogP contribution in [0, 0.1) is 6.92 Å². The van der Waals surface area contributed by atoms with E-state index in [1.54, 1.807) is 40.6 Å². The highest BCUT2D eigenvalue weighted by atomic mass is 16.5. The summed E-state index contributed by atoms with van der Waals surface area (Å²) in [7, 11) is 3.92. The van der Waals surface area contributed by atoms with E-state index < -0.39 is 17.7 Å². The first-order valence-electron chi connectivity index (χ1n) is 11.5. The van der Waals surface area contributed by atoms with Gasteiger partial charge < -0.3 is 19.6 Å². The van der Waals surface area contributed by atoms with Crippen molar-refractivity contribution >= 4 is 23.1 Å². The van der Waals surface area contributed by atoms with E-state index in [-0.39, 0.29) is 11.3 Å². The number of aliphatic hydroxyl groups excluding tert-OH is 1. The number of aliphatic hydroxyl groups is 1. The number of ketones is 1. The summed E-state index contributed by atoms with van der Waals surface area (Å²) < 4.78 is 7.32. The zero-order valence-electron chi connectivity index (χ0n) is 20.3. The first-order valence-corrected chi connectivity index (χ1v) is 11.5. The minimum atomic E-state index is -0.723. The summed E-state index contributed by atoms with van der Waals surface area (Å²) in [5.41, 5.74) is 2.40. The van der Waals surface area contributed by atoms with Crippen LogP contribution in [0.5, 0.6) is 5.75 Å². The lowest BCUT2D eigenvalue weighted by atomic mass is 9.96. The third-order valence-corrected chi connectivity index (χ3v) is 6.04. The van der Waals surface area contributed by atoms with Crippen molar-refractivity contribution < 1.29 is 19.4 Å². The second-order valence-electron chi connectivity index (χ2n) is 8.79. The second kappa shape index (κ2) is 10.1. The van der Waals surface area contributed by atoms with Crippen molar-refractivity contribution in [2.75, 3.05) is 33.8 Å². The van der Waals surface area contributed by atoms with E-state index in [1.807, 2.05) is 49.3 Å². The highest BCUT2D eigenvalue weighted by Crippen LogP contribution is 2.40. The third kappa shape index (κ3) is 4.70. The van der Waals surface area contributed by atoms with Gasteiger partial charge in [-0.25, -0.2) is 4.98 Å².